The van der Waals surface area contributed by atoms with Gasteiger partial charge in [0, 0.05) is 12.1 Å². The van der Waals surface area contributed by atoms with E-state index in [0.717, 1.165) is 6.04 Å². The van der Waals surface area contributed by atoms with E-state index in [9.17, 15) is 5.11 Å². The summed E-state index contributed by atoms with van der Waals surface area (Å²) in [4.78, 5) is 2.75. The lowest BCUT2D eigenvalue weighted by Crippen LogP contribution is -2.39. The lowest BCUT2D eigenvalue weighted by atomic mass is 9.85. The first-order chi connectivity index (χ1) is 9.79. The van der Waals surface area contributed by atoms with Crippen LogP contribution in [0.4, 0.5) is 0 Å². The molecule has 0 bridgehead atoms. The van der Waals surface area contributed by atoms with E-state index in [-0.39, 0.29) is 0 Å². The van der Waals surface area contributed by atoms with Gasteiger partial charge in [0.2, 0.25) is 0 Å². The lowest BCUT2D eigenvalue weighted by Gasteiger charge is -2.40. The number of phenolic OH excluding ortho intramolecular Hbond substituents is 1. The normalized spacial score (nSPS) is 27.9. The number of aryl methyl sites for hydroxylation is 1. The molecule has 1 aliphatic heterocycles. The molecule has 1 heterocycles. The summed E-state index contributed by atoms with van der Waals surface area (Å²) in [6, 6.07) is 7.28. The van der Waals surface area contributed by atoms with Crippen LogP contribution in [-0.4, -0.2) is 22.6 Å². The molecule has 1 fully saturated rings. The molecule has 1 aromatic rings. The highest BCUT2D eigenvalue weighted by molar-refractivity contribution is 5.38. The minimum Gasteiger partial charge on any atom is -0.508 e. The highest BCUT2D eigenvalue weighted by Crippen LogP contribution is 2.39. The Bertz CT molecular complexity index is 457. The summed E-state index contributed by atoms with van der Waals surface area (Å²) in [7, 11) is 0. The van der Waals surface area contributed by atoms with E-state index in [2.05, 4.69) is 17.9 Å². The summed E-state index contributed by atoms with van der Waals surface area (Å²) in [5.41, 5.74) is 2.86. The molecule has 1 saturated heterocycles. The van der Waals surface area contributed by atoms with Crippen molar-refractivity contribution in [3.8, 4) is 5.75 Å². The van der Waals surface area contributed by atoms with Crippen LogP contribution in [-0.2, 0) is 6.42 Å². The Hall–Kier alpha value is -1.02. The Labute approximate surface area is 122 Å². The maximum Gasteiger partial charge on any atom is 0.115 e. The lowest BCUT2D eigenvalue weighted by molar-refractivity contribution is 0.119. The van der Waals surface area contributed by atoms with Gasteiger partial charge < -0.3 is 5.11 Å². The molecule has 3 rings (SSSR count). The van der Waals surface area contributed by atoms with Crippen molar-refractivity contribution < 1.29 is 5.11 Å². The Balaban J connectivity index is 1.91. The fraction of sp³-hybridized carbons (Fsp3) is 0.667. The highest BCUT2D eigenvalue weighted by Gasteiger charge is 2.30. The second kappa shape index (κ2) is 6.17. The van der Waals surface area contributed by atoms with Crippen molar-refractivity contribution in [2.75, 3.05) is 6.54 Å². The number of rotatable bonds is 2. The van der Waals surface area contributed by atoms with Gasteiger partial charge in [-0.2, -0.15) is 0 Å². The van der Waals surface area contributed by atoms with Crippen LogP contribution in [0.15, 0.2) is 18.2 Å². The quantitative estimate of drug-likeness (QED) is 0.862. The van der Waals surface area contributed by atoms with Crippen LogP contribution in [0.2, 0.25) is 0 Å². The second-order valence-corrected chi connectivity index (χ2v) is 6.44. The first-order valence-corrected chi connectivity index (χ1v) is 8.37. The summed E-state index contributed by atoms with van der Waals surface area (Å²) < 4.78 is 0. The summed E-state index contributed by atoms with van der Waals surface area (Å²) >= 11 is 0. The van der Waals surface area contributed by atoms with Gasteiger partial charge in [0.05, 0.1) is 0 Å². The van der Waals surface area contributed by atoms with Crippen molar-refractivity contribution in [3.05, 3.63) is 29.3 Å². The largest absolute Gasteiger partial charge is 0.508 e. The van der Waals surface area contributed by atoms with Crippen LogP contribution in [0, 0.1) is 0 Å². The molecule has 110 valence electrons. The molecule has 2 nitrogen and oxygen atoms in total. The maximum atomic E-state index is 9.86. The summed E-state index contributed by atoms with van der Waals surface area (Å²) in [6.07, 6.45) is 10.4. The van der Waals surface area contributed by atoms with E-state index in [0.29, 0.717) is 11.8 Å². The van der Waals surface area contributed by atoms with Crippen LogP contribution < -0.4 is 0 Å². The van der Waals surface area contributed by atoms with Gasteiger partial charge in [0.15, 0.2) is 0 Å². The van der Waals surface area contributed by atoms with Crippen molar-refractivity contribution in [2.45, 2.75) is 70.4 Å². The van der Waals surface area contributed by atoms with E-state index < -0.39 is 0 Å². The van der Waals surface area contributed by atoms with Gasteiger partial charge in [0.1, 0.15) is 5.75 Å². The molecular weight excluding hydrogens is 246 g/mol. The topological polar surface area (TPSA) is 23.5 Å². The number of hydrogen-bond acceptors (Lipinski definition) is 2. The van der Waals surface area contributed by atoms with Crippen molar-refractivity contribution in [1.29, 1.82) is 0 Å². The van der Waals surface area contributed by atoms with Crippen molar-refractivity contribution >= 4 is 0 Å². The molecular formula is C18H27NO. The minimum atomic E-state index is 0.429. The van der Waals surface area contributed by atoms with Crippen molar-refractivity contribution in [2.24, 2.45) is 0 Å². The Kier molecular flexibility index (Phi) is 4.30. The van der Waals surface area contributed by atoms with Gasteiger partial charge in [0.25, 0.3) is 0 Å². The number of aromatic hydroxyl groups is 1. The van der Waals surface area contributed by atoms with Gasteiger partial charge in [-0.15, -0.1) is 0 Å². The molecule has 2 atom stereocenters. The Morgan fingerprint density at radius 1 is 1.15 bits per heavy atom. The Morgan fingerprint density at radius 2 is 2.05 bits per heavy atom. The molecule has 0 amide bonds. The third kappa shape index (κ3) is 2.71. The molecule has 20 heavy (non-hydrogen) atoms. The molecule has 2 aliphatic rings. The van der Waals surface area contributed by atoms with E-state index in [1.807, 2.05) is 12.1 Å². The second-order valence-electron chi connectivity index (χ2n) is 6.44. The average Bonchev–Trinajstić information content (AvgIpc) is 2.71. The summed E-state index contributed by atoms with van der Waals surface area (Å²) in [5.74, 6) is 0.429. The van der Waals surface area contributed by atoms with E-state index >= 15 is 0 Å². The van der Waals surface area contributed by atoms with Crippen LogP contribution in [0.1, 0.15) is 69.0 Å². The average molecular weight is 273 g/mol. The molecule has 0 radical (unpaired) electrons. The predicted molar refractivity (Wildman–Crippen MR) is 83.0 cm³/mol. The van der Waals surface area contributed by atoms with Gasteiger partial charge in [-0.25, -0.2) is 0 Å². The van der Waals surface area contributed by atoms with E-state index in [1.165, 1.54) is 69.0 Å². The zero-order chi connectivity index (χ0) is 13.9. The van der Waals surface area contributed by atoms with Gasteiger partial charge in [-0.1, -0.05) is 25.8 Å². The summed E-state index contributed by atoms with van der Waals surface area (Å²) in [5, 5.41) is 9.86. The molecule has 2 unspecified atom stereocenters. The van der Waals surface area contributed by atoms with Crippen LogP contribution >= 0.6 is 0 Å². The first kappa shape index (κ1) is 13.9. The highest BCUT2D eigenvalue weighted by atomic mass is 16.3. The number of hydrogen-bond donors (Lipinski definition) is 1. The summed E-state index contributed by atoms with van der Waals surface area (Å²) in [6.45, 7) is 3.56. The molecule has 1 aromatic carbocycles. The molecule has 2 heteroatoms. The molecule has 1 N–H and O–H groups in total. The number of likely N-dealkylation sites (tertiary alicyclic amines) is 1. The molecule has 0 spiro atoms. The van der Waals surface area contributed by atoms with E-state index in [1.54, 1.807) is 0 Å². The minimum absolute atomic E-state index is 0.429. The molecule has 0 aromatic heterocycles. The van der Waals surface area contributed by atoms with E-state index in [4.69, 9.17) is 0 Å². The third-order valence-electron chi connectivity index (χ3n) is 5.21. The van der Waals surface area contributed by atoms with Crippen LogP contribution in [0.25, 0.3) is 0 Å². The van der Waals surface area contributed by atoms with Crippen molar-refractivity contribution in [3.63, 3.8) is 0 Å². The zero-order valence-corrected chi connectivity index (χ0v) is 12.6. The monoisotopic (exact) mass is 273 g/mol. The fourth-order valence-electron chi connectivity index (χ4n) is 4.15. The van der Waals surface area contributed by atoms with Crippen LogP contribution in [0.5, 0.6) is 5.75 Å². The molecule has 0 saturated carbocycles. The number of phenols is 1. The fourth-order valence-corrected chi connectivity index (χ4v) is 4.15. The first-order valence-electron chi connectivity index (χ1n) is 8.37. The van der Waals surface area contributed by atoms with Crippen LogP contribution in [0.3, 0.4) is 0 Å². The van der Waals surface area contributed by atoms with Gasteiger partial charge >= 0.3 is 0 Å². The number of fused-ring (bicyclic) bond motifs is 1. The smallest absolute Gasteiger partial charge is 0.115 e. The molecule has 1 aliphatic carbocycles. The maximum absolute atomic E-state index is 9.86. The Morgan fingerprint density at radius 3 is 2.90 bits per heavy atom. The number of benzene rings is 1. The third-order valence-corrected chi connectivity index (χ3v) is 5.21. The predicted octanol–water partition coefficient (Wildman–Crippen LogP) is 4.42. The van der Waals surface area contributed by atoms with Gasteiger partial charge in [-0.3, -0.25) is 4.90 Å². The zero-order valence-electron chi connectivity index (χ0n) is 12.6. The van der Waals surface area contributed by atoms with Crippen molar-refractivity contribution in [1.82, 2.24) is 4.90 Å². The SMILES string of the molecule is CCC1CCCCCN1C1CCCc2ccc(O)cc21. The van der Waals surface area contributed by atoms with Gasteiger partial charge in [-0.05, 0) is 68.3 Å². The standard InChI is InChI=1S/C18H27NO/c1-2-15-8-4-3-5-12-19(15)18-9-6-7-14-10-11-16(20)13-17(14)18/h10-11,13,15,18,20H,2-9,12H2,1H3. The number of nitrogens with zero attached hydrogens (tertiary/aromatic N) is 1.